The Balaban J connectivity index is 1.75. The molecule has 3 heterocycles. The zero-order valence-corrected chi connectivity index (χ0v) is 15.5. The van der Waals surface area contributed by atoms with Gasteiger partial charge in [0.25, 0.3) is 0 Å². The summed E-state index contributed by atoms with van der Waals surface area (Å²) in [4.78, 5) is 24.6. The van der Waals surface area contributed by atoms with E-state index in [1.807, 2.05) is 13.8 Å². The number of anilines is 1. The number of nitrogens with one attached hydrogen (secondary N) is 1. The molecule has 1 aromatic heterocycles. The molecule has 0 spiro atoms. The van der Waals surface area contributed by atoms with Gasteiger partial charge < -0.3 is 10.2 Å². The fourth-order valence-corrected chi connectivity index (χ4v) is 5.67. The number of fused-ring (bicyclic) bond motifs is 1. The van der Waals surface area contributed by atoms with Crippen molar-refractivity contribution in [3.8, 4) is 0 Å². The second kappa shape index (κ2) is 7.25. The monoisotopic (exact) mass is 367 g/mol. The molecule has 0 saturated carbocycles. The highest BCUT2D eigenvalue weighted by molar-refractivity contribution is 7.91. The number of nitrogens with zero attached hydrogens (tertiary/aromatic N) is 4. The van der Waals surface area contributed by atoms with Crippen molar-refractivity contribution in [2.45, 2.75) is 38.9 Å². The minimum absolute atomic E-state index is 0.0325. The smallest absolute Gasteiger partial charge is 0.222 e. The quantitative estimate of drug-likeness (QED) is 0.790. The summed E-state index contributed by atoms with van der Waals surface area (Å²) in [6.45, 7) is 6.38. The molecule has 0 radical (unpaired) electrons. The fourth-order valence-electron chi connectivity index (χ4n) is 3.65. The van der Waals surface area contributed by atoms with Crippen LogP contribution in [-0.4, -0.2) is 77.3 Å². The van der Waals surface area contributed by atoms with Crippen molar-refractivity contribution in [2.24, 2.45) is 0 Å². The molecule has 25 heavy (non-hydrogen) atoms. The molecule has 0 bridgehead atoms. The van der Waals surface area contributed by atoms with Crippen molar-refractivity contribution in [1.29, 1.82) is 0 Å². The number of sulfone groups is 1. The van der Waals surface area contributed by atoms with E-state index >= 15 is 0 Å². The van der Waals surface area contributed by atoms with E-state index in [1.54, 1.807) is 17.3 Å². The summed E-state index contributed by atoms with van der Waals surface area (Å²) >= 11 is 0. The number of carbonyl (C=O) groups excluding carboxylic acids is 1. The van der Waals surface area contributed by atoms with Crippen LogP contribution < -0.4 is 5.32 Å². The van der Waals surface area contributed by atoms with Crippen molar-refractivity contribution < 1.29 is 13.2 Å². The van der Waals surface area contributed by atoms with Gasteiger partial charge in [-0.05, 0) is 6.92 Å². The molecule has 2 atom stereocenters. The first-order valence-corrected chi connectivity index (χ1v) is 10.5. The number of piperazine rings is 1. The lowest BCUT2D eigenvalue weighted by Crippen LogP contribution is -2.60. The van der Waals surface area contributed by atoms with Crippen LogP contribution in [0, 0.1) is 0 Å². The minimum atomic E-state index is -3.12. The molecule has 2 aliphatic rings. The van der Waals surface area contributed by atoms with Gasteiger partial charge in [-0.3, -0.25) is 9.69 Å². The number of carbonyl (C=O) groups is 1. The van der Waals surface area contributed by atoms with Gasteiger partial charge in [0, 0.05) is 56.6 Å². The van der Waals surface area contributed by atoms with E-state index < -0.39 is 9.84 Å². The number of rotatable bonds is 5. The maximum Gasteiger partial charge on any atom is 0.222 e. The molecular weight excluding hydrogens is 342 g/mol. The first-order valence-electron chi connectivity index (χ1n) is 8.72. The summed E-state index contributed by atoms with van der Waals surface area (Å²) in [5.74, 6) is 0.799. The highest BCUT2D eigenvalue weighted by atomic mass is 32.2. The van der Waals surface area contributed by atoms with Crippen molar-refractivity contribution in [3.63, 3.8) is 0 Å². The highest BCUT2D eigenvalue weighted by Crippen LogP contribution is 2.28. The molecule has 3 rings (SSSR count). The molecule has 1 N–H and O–H groups in total. The standard InChI is InChI=1S/C16H25N5O3S/c1-3-15(22)21-6-5-20(13-10-25(23,24)11-14(13)21)9-12-7-18-16(17-4-2)19-8-12/h7-8,13-14H,3-6,9-11H2,1-2H3,(H,17,18,19)/t13-,14+/m1/s1. The summed E-state index contributed by atoms with van der Waals surface area (Å²) < 4.78 is 24.3. The second-order valence-electron chi connectivity index (χ2n) is 6.57. The van der Waals surface area contributed by atoms with Crippen molar-refractivity contribution in [2.75, 3.05) is 36.5 Å². The predicted molar refractivity (Wildman–Crippen MR) is 94.8 cm³/mol. The molecule has 2 saturated heterocycles. The molecule has 138 valence electrons. The van der Waals surface area contributed by atoms with E-state index in [-0.39, 0.29) is 29.5 Å². The first kappa shape index (κ1) is 18.1. The summed E-state index contributed by atoms with van der Waals surface area (Å²) in [6, 6.07) is -0.393. The van der Waals surface area contributed by atoms with Crippen molar-refractivity contribution in [1.82, 2.24) is 19.8 Å². The van der Waals surface area contributed by atoms with Crippen LogP contribution in [-0.2, 0) is 21.2 Å². The van der Waals surface area contributed by atoms with Crippen LogP contribution in [0.15, 0.2) is 12.4 Å². The third-order valence-corrected chi connectivity index (χ3v) is 6.54. The molecular formula is C16H25N5O3S. The van der Waals surface area contributed by atoms with Gasteiger partial charge in [-0.2, -0.15) is 0 Å². The number of hydrogen-bond donors (Lipinski definition) is 1. The SMILES string of the molecule is CCNc1ncc(CN2CCN(C(=O)CC)[C@H]3CS(=O)(=O)C[C@H]32)cn1. The summed E-state index contributed by atoms with van der Waals surface area (Å²) in [7, 11) is -3.12. The molecule has 8 nitrogen and oxygen atoms in total. The van der Waals surface area contributed by atoms with Gasteiger partial charge in [0.05, 0.1) is 17.5 Å². The van der Waals surface area contributed by atoms with Crippen LogP contribution in [0.25, 0.3) is 0 Å². The van der Waals surface area contributed by atoms with Crippen LogP contribution in [0.4, 0.5) is 5.95 Å². The van der Waals surface area contributed by atoms with Gasteiger partial charge in [-0.1, -0.05) is 6.92 Å². The lowest BCUT2D eigenvalue weighted by atomic mass is 10.0. The van der Waals surface area contributed by atoms with Gasteiger partial charge in [0.15, 0.2) is 9.84 Å². The third kappa shape index (κ3) is 3.92. The molecule has 2 fully saturated rings. The van der Waals surface area contributed by atoms with E-state index in [2.05, 4.69) is 20.2 Å². The fraction of sp³-hybridized carbons (Fsp3) is 0.688. The first-order chi connectivity index (χ1) is 11.9. The van der Waals surface area contributed by atoms with Crippen LogP contribution in [0.3, 0.4) is 0 Å². The lowest BCUT2D eigenvalue weighted by molar-refractivity contribution is -0.136. The molecule has 9 heteroatoms. The van der Waals surface area contributed by atoms with E-state index in [0.717, 1.165) is 12.1 Å². The maximum absolute atomic E-state index is 12.2. The van der Waals surface area contributed by atoms with E-state index in [9.17, 15) is 13.2 Å². The van der Waals surface area contributed by atoms with Gasteiger partial charge >= 0.3 is 0 Å². The second-order valence-corrected chi connectivity index (χ2v) is 8.72. The Hall–Kier alpha value is -1.74. The van der Waals surface area contributed by atoms with Crippen LogP contribution in [0.5, 0.6) is 0 Å². The number of aromatic nitrogens is 2. The lowest BCUT2D eigenvalue weighted by Gasteiger charge is -2.43. The Kier molecular flexibility index (Phi) is 5.24. The minimum Gasteiger partial charge on any atom is -0.355 e. The Morgan fingerprint density at radius 3 is 2.52 bits per heavy atom. The third-order valence-electron chi connectivity index (χ3n) is 4.84. The zero-order valence-electron chi connectivity index (χ0n) is 14.7. The Labute approximate surface area is 148 Å². The summed E-state index contributed by atoms with van der Waals surface area (Å²) in [6.07, 6.45) is 3.95. The molecule has 0 aromatic carbocycles. The zero-order chi connectivity index (χ0) is 18.0. The Morgan fingerprint density at radius 1 is 1.20 bits per heavy atom. The van der Waals surface area contributed by atoms with Crippen molar-refractivity contribution >= 4 is 21.7 Å². The van der Waals surface area contributed by atoms with Gasteiger partial charge in [0.2, 0.25) is 11.9 Å². The van der Waals surface area contributed by atoms with Crippen LogP contribution in [0.2, 0.25) is 0 Å². The van der Waals surface area contributed by atoms with Crippen LogP contribution >= 0.6 is 0 Å². The summed E-state index contributed by atoms with van der Waals surface area (Å²) in [5.41, 5.74) is 0.944. The van der Waals surface area contributed by atoms with Gasteiger partial charge in [0.1, 0.15) is 0 Å². The van der Waals surface area contributed by atoms with Crippen LogP contribution in [0.1, 0.15) is 25.8 Å². The van der Waals surface area contributed by atoms with Crippen molar-refractivity contribution in [3.05, 3.63) is 18.0 Å². The van der Waals surface area contributed by atoms with E-state index in [0.29, 0.717) is 32.0 Å². The average molecular weight is 367 g/mol. The topological polar surface area (TPSA) is 95.5 Å². The number of amides is 1. The normalized spacial score (nSPS) is 25.6. The van der Waals surface area contributed by atoms with Gasteiger partial charge in [-0.25, -0.2) is 18.4 Å². The van der Waals surface area contributed by atoms with E-state index in [1.165, 1.54) is 0 Å². The number of hydrogen-bond acceptors (Lipinski definition) is 7. The molecule has 1 amide bonds. The Bertz CT molecular complexity index is 722. The molecule has 0 aliphatic carbocycles. The maximum atomic E-state index is 12.2. The van der Waals surface area contributed by atoms with E-state index in [4.69, 9.17) is 0 Å². The predicted octanol–water partition coefficient (Wildman–Crippen LogP) is 0.128. The Morgan fingerprint density at radius 2 is 1.88 bits per heavy atom. The molecule has 1 aromatic rings. The molecule has 0 unspecified atom stereocenters. The largest absolute Gasteiger partial charge is 0.355 e. The van der Waals surface area contributed by atoms with Gasteiger partial charge in [-0.15, -0.1) is 0 Å². The highest BCUT2D eigenvalue weighted by Gasteiger charge is 2.47. The average Bonchev–Trinajstić information content (AvgIpc) is 2.92. The molecule has 2 aliphatic heterocycles. The summed E-state index contributed by atoms with van der Waals surface area (Å²) in [5, 5.41) is 3.05.